The zero-order chi connectivity index (χ0) is 15.7. The summed E-state index contributed by atoms with van der Waals surface area (Å²) in [7, 11) is -2.10. The number of aromatic nitrogens is 1. The number of nitrogens with two attached hydrogens (primary N) is 1. The maximum Gasteiger partial charge on any atom is 0.240 e. The lowest BCUT2D eigenvalue weighted by Gasteiger charge is -2.05. The van der Waals surface area contributed by atoms with Gasteiger partial charge in [-0.05, 0) is 41.8 Å². The minimum atomic E-state index is -3.73. The third-order valence-corrected chi connectivity index (χ3v) is 4.53. The number of benzene rings is 2. The Morgan fingerprint density at radius 1 is 1.09 bits per heavy atom. The van der Waals surface area contributed by atoms with Crippen LogP contribution in [0.4, 0.5) is 0 Å². The molecule has 0 saturated heterocycles. The van der Waals surface area contributed by atoms with E-state index >= 15 is 0 Å². The first-order valence-corrected chi connectivity index (χ1v) is 8.28. The Hall–Kier alpha value is -2.31. The topological polar surface area (TPSA) is 85.2 Å². The summed E-state index contributed by atoms with van der Waals surface area (Å²) in [6, 6.07) is 13.5. The largest absolute Gasteiger partial charge is 0.497 e. The SMILES string of the molecule is COc1ccc(Cc2ccc3[nH]cc(S(N)(=O)=O)c3c2)cc1. The van der Waals surface area contributed by atoms with Gasteiger partial charge in [0.05, 0.1) is 7.11 Å². The van der Waals surface area contributed by atoms with Crippen molar-refractivity contribution in [3.05, 3.63) is 59.8 Å². The number of primary sulfonamides is 1. The van der Waals surface area contributed by atoms with E-state index in [1.54, 1.807) is 7.11 Å². The molecule has 0 saturated carbocycles. The lowest BCUT2D eigenvalue weighted by Crippen LogP contribution is -2.11. The normalized spacial score (nSPS) is 11.7. The highest BCUT2D eigenvalue weighted by Gasteiger charge is 2.14. The summed E-state index contributed by atoms with van der Waals surface area (Å²) in [6.07, 6.45) is 2.13. The van der Waals surface area contributed by atoms with Crippen molar-refractivity contribution in [3.63, 3.8) is 0 Å². The number of aromatic amines is 1. The molecule has 0 fully saturated rings. The molecule has 0 atom stereocenters. The average molecular weight is 316 g/mol. The number of nitrogens with one attached hydrogen (secondary N) is 1. The Balaban J connectivity index is 1.97. The molecule has 5 nitrogen and oxygen atoms in total. The van der Waals surface area contributed by atoms with Crippen LogP contribution in [0.3, 0.4) is 0 Å². The molecule has 0 aliphatic rings. The molecule has 3 N–H and O–H groups in total. The van der Waals surface area contributed by atoms with E-state index in [-0.39, 0.29) is 4.90 Å². The number of fused-ring (bicyclic) bond motifs is 1. The van der Waals surface area contributed by atoms with Crippen LogP contribution >= 0.6 is 0 Å². The molecule has 114 valence electrons. The van der Waals surface area contributed by atoms with Crippen LogP contribution in [-0.4, -0.2) is 20.5 Å². The van der Waals surface area contributed by atoms with Gasteiger partial charge in [-0.2, -0.15) is 0 Å². The molecule has 0 radical (unpaired) electrons. The van der Waals surface area contributed by atoms with Crippen molar-refractivity contribution in [2.75, 3.05) is 7.11 Å². The van der Waals surface area contributed by atoms with Crippen LogP contribution in [0.2, 0.25) is 0 Å². The zero-order valence-electron chi connectivity index (χ0n) is 12.0. The van der Waals surface area contributed by atoms with Gasteiger partial charge >= 0.3 is 0 Å². The minimum Gasteiger partial charge on any atom is -0.497 e. The van der Waals surface area contributed by atoms with E-state index in [0.717, 1.165) is 22.4 Å². The molecular formula is C16H16N2O3S. The fraction of sp³-hybridized carbons (Fsp3) is 0.125. The second-order valence-corrected chi connectivity index (χ2v) is 6.63. The number of methoxy groups -OCH3 is 1. The molecular weight excluding hydrogens is 300 g/mol. The Kier molecular flexibility index (Phi) is 3.64. The third kappa shape index (κ3) is 2.84. The van der Waals surface area contributed by atoms with Crippen LogP contribution in [0, 0.1) is 0 Å². The van der Waals surface area contributed by atoms with E-state index in [1.165, 1.54) is 6.20 Å². The van der Waals surface area contributed by atoms with Gasteiger partial charge in [-0.1, -0.05) is 18.2 Å². The van der Waals surface area contributed by atoms with Crippen LogP contribution in [0.5, 0.6) is 5.75 Å². The van der Waals surface area contributed by atoms with E-state index in [2.05, 4.69) is 4.98 Å². The minimum absolute atomic E-state index is 0.124. The first kappa shape index (κ1) is 14.6. The monoisotopic (exact) mass is 316 g/mol. The first-order valence-electron chi connectivity index (χ1n) is 6.73. The van der Waals surface area contributed by atoms with E-state index in [9.17, 15) is 8.42 Å². The second kappa shape index (κ2) is 5.47. The zero-order valence-corrected chi connectivity index (χ0v) is 12.9. The summed E-state index contributed by atoms with van der Waals surface area (Å²) >= 11 is 0. The lowest BCUT2D eigenvalue weighted by atomic mass is 10.0. The van der Waals surface area contributed by atoms with Gasteiger partial charge in [0.1, 0.15) is 10.6 Å². The third-order valence-electron chi connectivity index (χ3n) is 3.58. The lowest BCUT2D eigenvalue weighted by molar-refractivity contribution is 0.414. The molecule has 0 aliphatic carbocycles. The molecule has 1 heterocycles. The molecule has 0 unspecified atom stereocenters. The van der Waals surface area contributed by atoms with Gasteiger partial charge in [0.15, 0.2) is 0 Å². The number of sulfonamides is 1. The standard InChI is InChI=1S/C16H16N2O3S/c1-21-13-5-2-11(3-6-13)8-12-4-7-15-14(9-12)16(10-18-15)22(17,19)20/h2-7,9-10,18H,8H2,1H3,(H2,17,19,20). The Morgan fingerprint density at radius 3 is 2.41 bits per heavy atom. The van der Waals surface area contributed by atoms with Gasteiger partial charge in [0, 0.05) is 17.1 Å². The average Bonchev–Trinajstić information content (AvgIpc) is 2.91. The first-order chi connectivity index (χ1) is 10.5. The molecule has 3 rings (SSSR count). The number of hydrogen-bond donors (Lipinski definition) is 2. The van der Waals surface area contributed by atoms with Crippen LogP contribution < -0.4 is 9.88 Å². The Morgan fingerprint density at radius 2 is 1.77 bits per heavy atom. The van der Waals surface area contributed by atoms with Crippen LogP contribution in [0.1, 0.15) is 11.1 Å². The molecule has 3 aromatic rings. The fourth-order valence-electron chi connectivity index (χ4n) is 2.47. The van der Waals surface area contributed by atoms with E-state index in [4.69, 9.17) is 9.88 Å². The van der Waals surface area contributed by atoms with Gasteiger partial charge < -0.3 is 9.72 Å². The summed E-state index contributed by atoms with van der Waals surface area (Å²) in [5, 5.41) is 5.86. The van der Waals surface area contributed by atoms with Crippen molar-refractivity contribution >= 4 is 20.9 Å². The van der Waals surface area contributed by atoms with Gasteiger partial charge in [-0.15, -0.1) is 0 Å². The van der Waals surface area contributed by atoms with Crippen LogP contribution in [0.25, 0.3) is 10.9 Å². The van der Waals surface area contributed by atoms with E-state index in [1.807, 2.05) is 42.5 Å². The van der Waals surface area contributed by atoms with Crippen molar-refractivity contribution in [2.45, 2.75) is 11.3 Å². The fourth-order valence-corrected chi connectivity index (χ4v) is 3.17. The van der Waals surface area contributed by atoms with Crippen molar-refractivity contribution in [1.29, 1.82) is 0 Å². The quantitative estimate of drug-likeness (QED) is 0.775. The molecule has 0 bridgehead atoms. The number of hydrogen-bond acceptors (Lipinski definition) is 3. The second-order valence-electron chi connectivity index (χ2n) is 5.10. The highest BCUT2D eigenvalue weighted by molar-refractivity contribution is 7.89. The molecule has 22 heavy (non-hydrogen) atoms. The highest BCUT2D eigenvalue weighted by atomic mass is 32.2. The Bertz CT molecular complexity index is 912. The molecule has 0 spiro atoms. The molecule has 1 aromatic heterocycles. The van der Waals surface area contributed by atoms with Gasteiger partial charge in [-0.3, -0.25) is 0 Å². The molecule has 6 heteroatoms. The van der Waals surface area contributed by atoms with Crippen LogP contribution in [-0.2, 0) is 16.4 Å². The van der Waals surface area contributed by atoms with Gasteiger partial charge in [-0.25, -0.2) is 13.6 Å². The number of rotatable bonds is 4. The van der Waals surface area contributed by atoms with Crippen LogP contribution in [0.15, 0.2) is 53.6 Å². The van der Waals surface area contributed by atoms with Crippen molar-refractivity contribution < 1.29 is 13.2 Å². The van der Waals surface area contributed by atoms with Gasteiger partial charge in [0.25, 0.3) is 0 Å². The predicted octanol–water partition coefficient (Wildman–Crippen LogP) is 2.41. The summed E-state index contributed by atoms with van der Waals surface area (Å²) in [6.45, 7) is 0. The Labute approximate surface area is 128 Å². The predicted molar refractivity (Wildman–Crippen MR) is 85.5 cm³/mol. The summed E-state index contributed by atoms with van der Waals surface area (Å²) < 4.78 is 28.3. The van der Waals surface area contributed by atoms with Crippen molar-refractivity contribution in [3.8, 4) is 5.75 Å². The molecule has 0 aliphatic heterocycles. The summed E-state index contributed by atoms with van der Waals surface area (Å²) in [4.78, 5) is 3.05. The smallest absolute Gasteiger partial charge is 0.240 e. The van der Waals surface area contributed by atoms with E-state index in [0.29, 0.717) is 11.8 Å². The summed E-state index contributed by atoms with van der Waals surface area (Å²) in [5.41, 5.74) is 2.89. The maximum atomic E-state index is 11.6. The summed E-state index contributed by atoms with van der Waals surface area (Å²) in [5.74, 6) is 0.807. The van der Waals surface area contributed by atoms with Crippen molar-refractivity contribution in [2.24, 2.45) is 5.14 Å². The highest BCUT2D eigenvalue weighted by Crippen LogP contribution is 2.24. The number of ether oxygens (including phenoxy) is 1. The van der Waals surface area contributed by atoms with Gasteiger partial charge in [0.2, 0.25) is 10.0 Å². The number of H-pyrrole nitrogens is 1. The molecule has 0 amide bonds. The van der Waals surface area contributed by atoms with Crippen molar-refractivity contribution in [1.82, 2.24) is 4.98 Å². The van der Waals surface area contributed by atoms with E-state index < -0.39 is 10.0 Å². The molecule has 2 aromatic carbocycles. The maximum absolute atomic E-state index is 11.6.